The standard InChI is InChI=1S/C24H30N4O3/c1-15-8-21(29)26-16(2)22(15)24(31)28-13-19-11-27(12-20(19)14-28)10-18(23(25)30)9-17-6-4-3-5-7-17/h3-8,18-20H,9-14H2,1-2H3,(H2,25,30)(H,26,29)/t18?,19-,20?/m0/s1. The first-order valence-electron chi connectivity index (χ1n) is 10.9. The largest absolute Gasteiger partial charge is 0.369 e. The maximum absolute atomic E-state index is 13.1. The fraction of sp³-hybridized carbons (Fsp3) is 0.458. The lowest BCUT2D eigenvalue weighted by molar-refractivity contribution is -0.122. The van der Waals surface area contributed by atoms with Crippen LogP contribution in [0.5, 0.6) is 0 Å². The van der Waals surface area contributed by atoms with Crippen molar-refractivity contribution >= 4 is 11.8 Å². The molecule has 2 aliphatic rings. The van der Waals surface area contributed by atoms with Gasteiger partial charge in [-0.15, -0.1) is 0 Å². The molecule has 1 aromatic carbocycles. The van der Waals surface area contributed by atoms with Crippen LogP contribution in [0, 0.1) is 31.6 Å². The molecule has 1 aromatic heterocycles. The summed E-state index contributed by atoms with van der Waals surface area (Å²) >= 11 is 0. The number of likely N-dealkylation sites (tertiary alicyclic amines) is 2. The van der Waals surface area contributed by atoms with Crippen LogP contribution in [0.2, 0.25) is 0 Å². The van der Waals surface area contributed by atoms with Crippen LogP contribution in [0.3, 0.4) is 0 Å². The number of carbonyl (C=O) groups excluding carboxylic acids is 2. The summed E-state index contributed by atoms with van der Waals surface area (Å²) in [6.45, 7) is 7.40. The molecule has 2 unspecified atom stereocenters. The molecule has 2 fully saturated rings. The minimum absolute atomic E-state index is 0.00806. The van der Waals surface area contributed by atoms with Crippen LogP contribution in [-0.4, -0.2) is 59.3 Å². The van der Waals surface area contributed by atoms with E-state index >= 15 is 0 Å². The van der Waals surface area contributed by atoms with Gasteiger partial charge in [-0.3, -0.25) is 14.4 Å². The Morgan fingerprint density at radius 1 is 1.10 bits per heavy atom. The molecule has 0 saturated carbocycles. The summed E-state index contributed by atoms with van der Waals surface area (Å²) in [5.41, 5.74) is 8.59. The number of hydrogen-bond acceptors (Lipinski definition) is 4. The highest BCUT2D eigenvalue weighted by Gasteiger charge is 2.42. The summed E-state index contributed by atoms with van der Waals surface area (Å²) in [6.07, 6.45) is 0.650. The van der Waals surface area contributed by atoms with Crippen molar-refractivity contribution in [3.63, 3.8) is 0 Å². The second-order valence-electron chi connectivity index (χ2n) is 9.05. The number of hydrogen-bond donors (Lipinski definition) is 2. The number of benzene rings is 1. The van der Waals surface area contributed by atoms with E-state index in [4.69, 9.17) is 5.73 Å². The Balaban J connectivity index is 1.37. The van der Waals surface area contributed by atoms with E-state index in [-0.39, 0.29) is 23.3 Å². The molecular weight excluding hydrogens is 392 g/mol. The smallest absolute Gasteiger partial charge is 0.255 e. The van der Waals surface area contributed by atoms with Crippen molar-refractivity contribution < 1.29 is 9.59 Å². The summed E-state index contributed by atoms with van der Waals surface area (Å²) in [4.78, 5) is 43.8. The molecule has 7 heteroatoms. The third kappa shape index (κ3) is 4.56. The third-order valence-electron chi connectivity index (χ3n) is 6.70. The maximum atomic E-state index is 13.1. The highest BCUT2D eigenvalue weighted by molar-refractivity contribution is 5.96. The zero-order chi connectivity index (χ0) is 22.1. The predicted molar refractivity (Wildman–Crippen MR) is 119 cm³/mol. The highest BCUT2D eigenvalue weighted by atomic mass is 16.2. The van der Waals surface area contributed by atoms with Gasteiger partial charge in [-0.1, -0.05) is 30.3 Å². The molecule has 3 atom stereocenters. The monoisotopic (exact) mass is 422 g/mol. The van der Waals surface area contributed by atoms with E-state index in [2.05, 4.69) is 9.88 Å². The minimum Gasteiger partial charge on any atom is -0.369 e. The molecule has 0 radical (unpaired) electrons. The number of nitrogens with one attached hydrogen (secondary N) is 1. The molecule has 3 heterocycles. The summed E-state index contributed by atoms with van der Waals surface area (Å²) in [7, 11) is 0. The van der Waals surface area contributed by atoms with Crippen molar-refractivity contribution in [3.05, 3.63) is 69.1 Å². The zero-order valence-electron chi connectivity index (χ0n) is 18.1. The lowest BCUT2D eigenvalue weighted by atomic mass is 9.98. The molecular formula is C24H30N4O3. The lowest BCUT2D eigenvalue weighted by Gasteiger charge is -2.25. The molecule has 0 aliphatic carbocycles. The number of pyridine rings is 1. The van der Waals surface area contributed by atoms with Crippen molar-refractivity contribution in [2.45, 2.75) is 20.3 Å². The minimum atomic E-state index is -0.262. The van der Waals surface area contributed by atoms with Crippen molar-refractivity contribution in [1.29, 1.82) is 0 Å². The SMILES string of the molecule is Cc1cc(=O)[nH]c(C)c1C(=O)N1CC2CN(CC(Cc3ccccc3)C(N)=O)C[C@H]2C1. The normalized spacial score (nSPS) is 21.8. The van der Waals surface area contributed by atoms with Crippen molar-refractivity contribution in [2.75, 3.05) is 32.7 Å². The van der Waals surface area contributed by atoms with Gasteiger partial charge >= 0.3 is 0 Å². The quantitative estimate of drug-likeness (QED) is 0.734. The van der Waals surface area contributed by atoms with E-state index in [1.807, 2.05) is 42.2 Å². The number of nitrogens with two attached hydrogens (primary N) is 1. The summed E-state index contributed by atoms with van der Waals surface area (Å²) < 4.78 is 0. The topological polar surface area (TPSA) is 99.5 Å². The molecule has 3 N–H and O–H groups in total. The second kappa shape index (κ2) is 8.67. The van der Waals surface area contributed by atoms with Gasteiger partial charge in [0.2, 0.25) is 11.5 Å². The van der Waals surface area contributed by atoms with Gasteiger partial charge in [0.1, 0.15) is 0 Å². The first kappa shape index (κ1) is 21.3. The Bertz CT molecular complexity index is 993. The molecule has 0 spiro atoms. The van der Waals surface area contributed by atoms with Gasteiger partial charge in [0.25, 0.3) is 5.91 Å². The third-order valence-corrected chi connectivity index (χ3v) is 6.70. The van der Waals surface area contributed by atoms with Crippen LogP contribution in [0.4, 0.5) is 0 Å². The number of primary amides is 1. The summed E-state index contributed by atoms with van der Waals surface area (Å²) in [5.74, 6) is 0.314. The number of carbonyl (C=O) groups is 2. The van der Waals surface area contributed by atoms with Gasteiger partial charge in [0.05, 0.1) is 11.5 Å². The van der Waals surface area contributed by atoms with E-state index < -0.39 is 0 Å². The average Bonchev–Trinajstić information content (AvgIpc) is 3.26. The number of nitrogens with zero attached hydrogens (tertiary/aromatic N) is 2. The van der Waals surface area contributed by atoms with E-state index in [1.165, 1.54) is 6.07 Å². The predicted octanol–water partition coefficient (Wildman–Crippen LogP) is 1.34. The van der Waals surface area contributed by atoms with Crippen LogP contribution in [0.15, 0.2) is 41.2 Å². The number of aromatic nitrogens is 1. The van der Waals surface area contributed by atoms with Crippen molar-refractivity contribution in [1.82, 2.24) is 14.8 Å². The first-order valence-corrected chi connectivity index (χ1v) is 10.9. The Labute approximate surface area is 182 Å². The average molecular weight is 423 g/mol. The van der Waals surface area contributed by atoms with Gasteiger partial charge in [0.15, 0.2) is 0 Å². The molecule has 4 rings (SSSR count). The van der Waals surface area contributed by atoms with Crippen LogP contribution in [0.25, 0.3) is 0 Å². The number of aryl methyl sites for hydroxylation is 2. The summed E-state index contributed by atoms with van der Waals surface area (Å²) in [6, 6.07) is 11.5. The molecule has 2 aromatic rings. The zero-order valence-corrected chi connectivity index (χ0v) is 18.1. The van der Waals surface area contributed by atoms with Crippen molar-refractivity contribution in [2.24, 2.45) is 23.5 Å². The fourth-order valence-corrected chi connectivity index (χ4v) is 5.21. The van der Waals surface area contributed by atoms with Gasteiger partial charge in [-0.2, -0.15) is 0 Å². The Kier molecular flexibility index (Phi) is 5.96. The van der Waals surface area contributed by atoms with Crippen molar-refractivity contribution in [3.8, 4) is 0 Å². The van der Waals surface area contributed by atoms with E-state index in [9.17, 15) is 14.4 Å². The van der Waals surface area contributed by atoms with E-state index in [1.54, 1.807) is 6.92 Å². The Morgan fingerprint density at radius 3 is 2.32 bits per heavy atom. The number of amides is 2. The van der Waals surface area contributed by atoms with Crippen LogP contribution in [0.1, 0.15) is 27.2 Å². The number of H-pyrrole nitrogens is 1. The lowest BCUT2D eigenvalue weighted by Crippen LogP contribution is -2.39. The molecule has 7 nitrogen and oxygen atoms in total. The van der Waals surface area contributed by atoms with Gasteiger partial charge in [0, 0.05) is 44.5 Å². The molecule has 164 valence electrons. The Morgan fingerprint density at radius 2 is 1.74 bits per heavy atom. The van der Waals surface area contributed by atoms with Gasteiger partial charge in [-0.25, -0.2) is 0 Å². The molecule has 2 saturated heterocycles. The van der Waals surface area contributed by atoms with E-state index in [0.29, 0.717) is 49.1 Å². The number of aromatic amines is 1. The van der Waals surface area contributed by atoms with Gasteiger partial charge in [-0.05, 0) is 43.2 Å². The van der Waals surface area contributed by atoms with Crippen LogP contribution in [-0.2, 0) is 11.2 Å². The fourth-order valence-electron chi connectivity index (χ4n) is 5.21. The summed E-state index contributed by atoms with van der Waals surface area (Å²) in [5, 5.41) is 0. The molecule has 2 aliphatic heterocycles. The molecule has 2 amide bonds. The number of rotatable bonds is 6. The maximum Gasteiger partial charge on any atom is 0.255 e. The first-order chi connectivity index (χ1) is 14.8. The van der Waals surface area contributed by atoms with E-state index in [0.717, 1.165) is 24.2 Å². The van der Waals surface area contributed by atoms with Crippen LogP contribution >= 0.6 is 0 Å². The Hall–Kier alpha value is -2.93. The number of fused-ring (bicyclic) bond motifs is 1. The molecule has 0 bridgehead atoms. The highest BCUT2D eigenvalue weighted by Crippen LogP contribution is 2.33. The second-order valence-corrected chi connectivity index (χ2v) is 9.05. The molecule has 31 heavy (non-hydrogen) atoms. The van der Waals surface area contributed by atoms with Crippen LogP contribution < -0.4 is 11.3 Å². The van der Waals surface area contributed by atoms with Gasteiger partial charge < -0.3 is 20.5 Å².